The van der Waals surface area contributed by atoms with E-state index in [1.165, 1.54) is 25.0 Å². The van der Waals surface area contributed by atoms with Gasteiger partial charge >= 0.3 is 5.88 Å². The molecule has 2 heterocycles. The van der Waals surface area contributed by atoms with Crippen LogP contribution in [0.25, 0.3) is 0 Å². The molecule has 0 unspecified atom stereocenters. The van der Waals surface area contributed by atoms with Crippen LogP contribution in [0.15, 0.2) is 16.5 Å². The third kappa shape index (κ3) is 4.56. The number of hydrogen-bond acceptors (Lipinski definition) is 5. The number of nitrogens with one attached hydrogen (secondary N) is 1. The second-order valence-electron chi connectivity index (χ2n) is 5.53. The number of piperidine rings is 1. The van der Waals surface area contributed by atoms with E-state index in [4.69, 9.17) is 4.42 Å². The number of carbonyl (C=O) groups is 1. The molecule has 0 aliphatic carbocycles. The SMILES string of the molecule is CC1CCN(CCCNC(=O)c2ccc([N+](=O)[O-])o2)CC1. The van der Waals surface area contributed by atoms with Crippen LogP contribution in [0, 0.1) is 16.0 Å². The molecule has 1 N–H and O–H groups in total. The second-order valence-corrected chi connectivity index (χ2v) is 5.53. The smallest absolute Gasteiger partial charge is 0.395 e. The third-order valence-electron chi connectivity index (χ3n) is 3.81. The number of hydrogen-bond donors (Lipinski definition) is 1. The highest BCUT2D eigenvalue weighted by atomic mass is 16.6. The zero-order chi connectivity index (χ0) is 15.2. The van der Waals surface area contributed by atoms with Gasteiger partial charge in [-0.3, -0.25) is 14.9 Å². The Labute approximate surface area is 123 Å². The number of carbonyl (C=O) groups excluding carboxylic acids is 1. The minimum Gasteiger partial charge on any atom is -0.395 e. The summed E-state index contributed by atoms with van der Waals surface area (Å²) in [5.41, 5.74) is 0. The Hall–Kier alpha value is -1.89. The summed E-state index contributed by atoms with van der Waals surface area (Å²) in [7, 11) is 0. The summed E-state index contributed by atoms with van der Waals surface area (Å²) in [5.74, 6) is -0.0258. The zero-order valence-corrected chi connectivity index (χ0v) is 12.2. The summed E-state index contributed by atoms with van der Waals surface area (Å²) in [5, 5.41) is 13.2. The molecule has 1 saturated heterocycles. The first-order chi connectivity index (χ1) is 10.1. The molecule has 2 rings (SSSR count). The van der Waals surface area contributed by atoms with Crippen molar-refractivity contribution in [1.29, 1.82) is 0 Å². The summed E-state index contributed by atoms with van der Waals surface area (Å²) in [6.07, 6.45) is 3.34. The van der Waals surface area contributed by atoms with E-state index in [-0.39, 0.29) is 5.76 Å². The normalized spacial score (nSPS) is 16.8. The maximum atomic E-state index is 11.7. The average Bonchev–Trinajstić information content (AvgIpc) is 2.95. The number of furan rings is 1. The van der Waals surface area contributed by atoms with E-state index < -0.39 is 16.7 Å². The first-order valence-electron chi connectivity index (χ1n) is 7.31. The Morgan fingerprint density at radius 1 is 1.48 bits per heavy atom. The van der Waals surface area contributed by atoms with Gasteiger partial charge in [0.05, 0.1) is 6.07 Å². The standard InChI is InChI=1S/C14H21N3O4/c1-11-5-9-16(10-6-11)8-2-7-15-14(18)12-3-4-13(21-12)17(19)20/h3-4,11H,2,5-10H2,1H3,(H,15,18). The minimum absolute atomic E-state index is 0.0199. The molecule has 1 aliphatic rings. The van der Waals surface area contributed by atoms with Crippen LogP contribution >= 0.6 is 0 Å². The molecule has 21 heavy (non-hydrogen) atoms. The fourth-order valence-electron chi connectivity index (χ4n) is 2.43. The summed E-state index contributed by atoms with van der Waals surface area (Å²) in [6, 6.07) is 2.50. The molecule has 0 aromatic carbocycles. The van der Waals surface area contributed by atoms with Crippen LogP contribution in [0.1, 0.15) is 36.7 Å². The average molecular weight is 295 g/mol. The fraction of sp³-hybridized carbons (Fsp3) is 0.643. The lowest BCUT2D eigenvalue weighted by atomic mass is 9.99. The quantitative estimate of drug-likeness (QED) is 0.493. The Morgan fingerprint density at radius 2 is 2.19 bits per heavy atom. The molecule has 1 aliphatic heterocycles. The molecule has 1 fully saturated rings. The zero-order valence-electron chi connectivity index (χ0n) is 12.2. The lowest BCUT2D eigenvalue weighted by molar-refractivity contribution is -0.402. The van der Waals surface area contributed by atoms with Gasteiger partial charge < -0.3 is 14.6 Å². The van der Waals surface area contributed by atoms with Gasteiger partial charge in [-0.2, -0.15) is 0 Å². The monoisotopic (exact) mass is 295 g/mol. The molecular weight excluding hydrogens is 274 g/mol. The van der Waals surface area contributed by atoms with Crippen molar-refractivity contribution in [3.63, 3.8) is 0 Å². The molecular formula is C14H21N3O4. The lowest BCUT2D eigenvalue weighted by Crippen LogP contribution is -2.35. The van der Waals surface area contributed by atoms with Gasteiger partial charge in [0.25, 0.3) is 5.91 Å². The van der Waals surface area contributed by atoms with E-state index in [2.05, 4.69) is 17.1 Å². The van der Waals surface area contributed by atoms with Crippen LogP contribution in [0.3, 0.4) is 0 Å². The minimum atomic E-state index is -0.659. The first-order valence-corrected chi connectivity index (χ1v) is 7.31. The Bertz CT molecular complexity index is 492. The van der Waals surface area contributed by atoms with Crippen molar-refractivity contribution in [2.24, 2.45) is 5.92 Å². The number of amides is 1. The summed E-state index contributed by atoms with van der Waals surface area (Å²) < 4.78 is 4.84. The van der Waals surface area contributed by atoms with Gasteiger partial charge in [0.15, 0.2) is 5.76 Å². The van der Waals surface area contributed by atoms with Crippen molar-refractivity contribution in [3.8, 4) is 0 Å². The van der Waals surface area contributed by atoms with Crippen LogP contribution in [0.4, 0.5) is 5.88 Å². The Balaban J connectivity index is 1.66. The van der Waals surface area contributed by atoms with Crippen molar-refractivity contribution < 1.29 is 14.1 Å². The third-order valence-corrected chi connectivity index (χ3v) is 3.81. The predicted molar refractivity (Wildman–Crippen MR) is 77.2 cm³/mol. The largest absolute Gasteiger partial charge is 0.433 e. The first kappa shape index (κ1) is 15.5. The summed E-state index contributed by atoms with van der Waals surface area (Å²) in [4.78, 5) is 24.0. The van der Waals surface area contributed by atoms with Gasteiger partial charge in [0.1, 0.15) is 4.92 Å². The van der Waals surface area contributed by atoms with E-state index in [9.17, 15) is 14.9 Å². The van der Waals surface area contributed by atoms with E-state index in [0.717, 1.165) is 32.0 Å². The van der Waals surface area contributed by atoms with E-state index in [1.807, 2.05) is 0 Å². The molecule has 0 spiro atoms. The Kier molecular flexibility index (Phi) is 5.32. The van der Waals surface area contributed by atoms with Crippen molar-refractivity contribution >= 4 is 11.8 Å². The lowest BCUT2D eigenvalue weighted by Gasteiger charge is -2.30. The van der Waals surface area contributed by atoms with Crippen LogP contribution in [0.5, 0.6) is 0 Å². The summed E-state index contributed by atoms with van der Waals surface area (Å²) >= 11 is 0. The number of nitrogens with zero attached hydrogens (tertiary/aromatic N) is 2. The van der Waals surface area contributed by atoms with Crippen LogP contribution in [0.2, 0.25) is 0 Å². The maximum Gasteiger partial charge on any atom is 0.433 e. The number of likely N-dealkylation sites (tertiary alicyclic amines) is 1. The van der Waals surface area contributed by atoms with Crippen LogP contribution in [-0.4, -0.2) is 41.9 Å². The van der Waals surface area contributed by atoms with Crippen LogP contribution in [-0.2, 0) is 0 Å². The number of rotatable bonds is 6. The molecule has 7 heteroatoms. The Morgan fingerprint density at radius 3 is 2.81 bits per heavy atom. The van der Waals surface area contributed by atoms with E-state index in [0.29, 0.717) is 6.54 Å². The van der Waals surface area contributed by atoms with Crippen molar-refractivity contribution in [2.75, 3.05) is 26.2 Å². The topological polar surface area (TPSA) is 88.6 Å². The van der Waals surface area contributed by atoms with E-state index in [1.54, 1.807) is 0 Å². The summed E-state index contributed by atoms with van der Waals surface area (Å²) in [6.45, 7) is 6.03. The van der Waals surface area contributed by atoms with Gasteiger partial charge in [0, 0.05) is 6.54 Å². The van der Waals surface area contributed by atoms with Gasteiger partial charge in [-0.15, -0.1) is 0 Å². The van der Waals surface area contributed by atoms with Gasteiger partial charge in [-0.1, -0.05) is 6.92 Å². The van der Waals surface area contributed by atoms with Crippen LogP contribution < -0.4 is 5.32 Å². The van der Waals surface area contributed by atoms with Gasteiger partial charge in [-0.05, 0) is 50.9 Å². The highest BCUT2D eigenvalue weighted by Crippen LogP contribution is 2.16. The fourth-order valence-corrected chi connectivity index (χ4v) is 2.43. The highest BCUT2D eigenvalue weighted by Gasteiger charge is 2.17. The molecule has 0 radical (unpaired) electrons. The van der Waals surface area contributed by atoms with Crippen molar-refractivity contribution in [1.82, 2.24) is 10.2 Å². The molecule has 0 saturated carbocycles. The molecule has 0 atom stereocenters. The molecule has 0 bridgehead atoms. The molecule has 1 amide bonds. The molecule has 1 aromatic heterocycles. The van der Waals surface area contributed by atoms with Gasteiger partial charge in [0.2, 0.25) is 0 Å². The number of nitro groups is 1. The van der Waals surface area contributed by atoms with Gasteiger partial charge in [-0.25, -0.2) is 0 Å². The maximum absolute atomic E-state index is 11.7. The van der Waals surface area contributed by atoms with Crippen molar-refractivity contribution in [2.45, 2.75) is 26.2 Å². The molecule has 1 aromatic rings. The van der Waals surface area contributed by atoms with E-state index >= 15 is 0 Å². The molecule has 116 valence electrons. The second kappa shape index (κ2) is 7.21. The van der Waals surface area contributed by atoms with Crippen molar-refractivity contribution in [3.05, 3.63) is 28.0 Å². The predicted octanol–water partition coefficient (Wildman–Crippen LogP) is 2.04. The molecule has 7 nitrogen and oxygen atoms in total. The highest BCUT2D eigenvalue weighted by molar-refractivity contribution is 5.91.